The first kappa shape index (κ1) is 23.7. The van der Waals surface area contributed by atoms with Crippen molar-refractivity contribution >= 4 is 58.8 Å². The first-order valence-electron chi connectivity index (χ1n) is 9.74. The summed E-state index contributed by atoms with van der Waals surface area (Å²) in [5.41, 5.74) is 0. The lowest BCUT2D eigenvalue weighted by Gasteiger charge is -2.38. The number of hydrogen-bond donors (Lipinski definition) is 1. The largest absolute Gasteiger partial charge is 0.355 e. The Morgan fingerprint density at radius 3 is 2.57 bits per heavy atom. The summed E-state index contributed by atoms with van der Waals surface area (Å²) in [5.74, 6) is 1.59. The van der Waals surface area contributed by atoms with Crippen molar-refractivity contribution in [2.45, 2.75) is 25.8 Å². The molecule has 0 atom stereocenters. The Balaban J connectivity index is 0.00000280. The summed E-state index contributed by atoms with van der Waals surface area (Å²) >= 11 is 7.61. The number of halogens is 2. The van der Waals surface area contributed by atoms with Crippen LogP contribution in [0.2, 0.25) is 4.34 Å². The molecule has 158 valence electrons. The quantitative estimate of drug-likeness (QED) is 0.343. The number of hydrogen-bond acceptors (Lipinski definition) is 4. The highest BCUT2D eigenvalue weighted by Gasteiger charge is 2.31. The number of aliphatic imine (C=N–C) groups is 1. The lowest BCUT2D eigenvalue weighted by Crippen LogP contribution is -2.52. The summed E-state index contributed by atoms with van der Waals surface area (Å²) in [5, 5.41) is 3.44. The number of thiophene rings is 1. The molecular weight excluding hydrogens is 509 g/mol. The molecule has 1 aliphatic carbocycles. The second-order valence-corrected chi connectivity index (χ2v) is 9.13. The summed E-state index contributed by atoms with van der Waals surface area (Å²) in [6.45, 7) is 6.25. The van der Waals surface area contributed by atoms with E-state index in [1.807, 2.05) is 20.2 Å². The Kier molecular flexibility index (Phi) is 9.79. The molecule has 28 heavy (non-hydrogen) atoms. The molecule has 1 saturated heterocycles. The fraction of sp³-hybridized carbons (Fsp3) is 0.684. The highest BCUT2D eigenvalue weighted by molar-refractivity contribution is 14.0. The minimum atomic E-state index is 0. The van der Waals surface area contributed by atoms with E-state index in [0.29, 0.717) is 11.8 Å². The van der Waals surface area contributed by atoms with Gasteiger partial charge in [-0.15, -0.1) is 35.3 Å². The lowest BCUT2D eigenvalue weighted by atomic mass is 9.84. The van der Waals surface area contributed by atoms with E-state index in [-0.39, 0.29) is 24.0 Å². The molecule has 3 rings (SSSR count). The average molecular weight is 540 g/mol. The Labute approximate surface area is 194 Å². The predicted octanol–water partition coefficient (Wildman–Crippen LogP) is 2.97. The first-order valence-corrected chi connectivity index (χ1v) is 10.9. The number of nitrogens with one attached hydrogen (secondary N) is 1. The Morgan fingerprint density at radius 1 is 1.32 bits per heavy atom. The predicted molar refractivity (Wildman–Crippen MR) is 128 cm³/mol. The Bertz CT molecular complexity index is 659. The van der Waals surface area contributed by atoms with Gasteiger partial charge >= 0.3 is 0 Å². The number of guanidine groups is 1. The van der Waals surface area contributed by atoms with Gasteiger partial charge in [-0.25, -0.2) is 0 Å². The smallest absolute Gasteiger partial charge is 0.225 e. The van der Waals surface area contributed by atoms with Crippen LogP contribution in [-0.4, -0.2) is 79.9 Å². The molecular formula is C19H31ClIN5OS. The van der Waals surface area contributed by atoms with Gasteiger partial charge in [0, 0.05) is 64.2 Å². The van der Waals surface area contributed by atoms with Gasteiger partial charge in [-0.1, -0.05) is 18.0 Å². The third kappa shape index (κ3) is 6.47. The highest BCUT2D eigenvalue weighted by atomic mass is 127. The van der Waals surface area contributed by atoms with Crippen LogP contribution in [0, 0.1) is 5.92 Å². The second kappa shape index (κ2) is 11.6. The standard InChI is InChI=1S/C19H30ClN5OS.HI/c1-21-19(23(2)14-16-6-7-17(20)27-16)22-8-9-24-10-12-25(13-11-24)18(26)15-4-3-5-15;/h6-7,15H,3-5,8-14H2,1-2H3,(H,21,22);1H. The molecule has 1 aliphatic heterocycles. The van der Waals surface area contributed by atoms with Crippen molar-refractivity contribution in [3.05, 3.63) is 21.3 Å². The van der Waals surface area contributed by atoms with Gasteiger partial charge in [0.25, 0.3) is 0 Å². The number of carbonyl (C=O) groups excluding carboxylic acids is 1. The monoisotopic (exact) mass is 539 g/mol. The van der Waals surface area contributed by atoms with Gasteiger partial charge in [0.2, 0.25) is 5.91 Å². The van der Waals surface area contributed by atoms with E-state index in [4.69, 9.17) is 11.6 Å². The van der Waals surface area contributed by atoms with Gasteiger partial charge in [0.1, 0.15) is 0 Å². The van der Waals surface area contributed by atoms with E-state index in [0.717, 1.165) is 69.0 Å². The number of piperazine rings is 1. The van der Waals surface area contributed by atoms with E-state index in [1.54, 1.807) is 11.3 Å². The minimum Gasteiger partial charge on any atom is -0.355 e. The van der Waals surface area contributed by atoms with Crippen LogP contribution in [0.4, 0.5) is 0 Å². The van der Waals surface area contributed by atoms with Gasteiger partial charge in [0.05, 0.1) is 10.9 Å². The van der Waals surface area contributed by atoms with Crippen molar-refractivity contribution < 1.29 is 4.79 Å². The zero-order chi connectivity index (χ0) is 19.2. The van der Waals surface area contributed by atoms with Crippen LogP contribution >= 0.6 is 46.9 Å². The molecule has 0 aromatic carbocycles. The molecule has 0 spiro atoms. The van der Waals surface area contributed by atoms with E-state index >= 15 is 0 Å². The molecule has 1 amide bonds. The van der Waals surface area contributed by atoms with Gasteiger partial charge in [-0.2, -0.15) is 0 Å². The van der Waals surface area contributed by atoms with Crippen LogP contribution in [0.15, 0.2) is 17.1 Å². The fourth-order valence-electron chi connectivity index (χ4n) is 3.56. The zero-order valence-corrected chi connectivity index (χ0v) is 20.6. The Morgan fingerprint density at radius 2 is 2.04 bits per heavy atom. The zero-order valence-electron chi connectivity index (χ0n) is 16.7. The minimum absolute atomic E-state index is 0. The molecule has 6 nitrogen and oxygen atoms in total. The van der Waals surface area contributed by atoms with Crippen molar-refractivity contribution in [1.29, 1.82) is 0 Å². The van der Waals surface area contributed by atoms with Gasteiger partial charge in [-0.3, -0.25) is 14.7 Å². The Hall–Kier alpha value is -0.580. The third-order valence-electron chi connectivity index (χ3n) is 5.44. The summed E-state index contributed by atoms with van der Waals surface area (Å²) in [4.78, 5) is 24.5. The summed E-state index contributed by atoms with van der Waals surface area (Å²) in [7, 11) is 3.85. The molecule has 2 heterocycles. The van der Waals surface area contributed by atoms with Crippen LogP contribution in [0.3, 0.4) is 0 Å². The molecule has 2 fully saturated rings. The molecule has 1 aromatic heterocycles. The molecule has 0 unspecified atom stereocenters. The maximum absolute atomic E-state index is 12.3. The first-order chi connectivity index (χ1) is 13.1. The molecule has 0 radical (unpaired) electrons. The van der Waals surface area contributed by atoms with Crippen LogP contribution in [0.25, 0.3) is 0 Å². The SMILES string of the molecule is CN=C(NCCN1CCN(C(=O)C2CCC2)CC1)N(C)Cc1ccc(Cl)s1.I. The molecule has 9 heteroatoms. The molecule has 1 aromatic rings. The number of nitrogens with zero attached hydrogens (tertiary/aromatic N) is 4. The normalized spacial score (nSPS) is 18.4. The highest BCUT2D eigenvalue weighted by Crippen LogP contribution is 2.28. The number of carbonyl (C=O) groups is 1. The molecule has 1 N–H and O–H groups in total. The van der Waals surface area contributed by atoms with Crippen molar-refractivity contribution in [2.75, 3.05) is 53.4 Å². The molecule has 2 aliphatic rings. The van der Waals surface area contributed by atoms with Crippen LogP contribution < -0.4 is 5.32 Å². The van der Waals surface area contributed by atoms with Crippen molar-refractivity contribution in [1.82, 2.24) is 20.0 Å². The molecule has 0 bridgehead atoms. The fourth-order valence-corrected chi connectivity index (χ4v) is 4.70. The van der Waals surface area contributed by atoms with Crippen LogP contribution in [-0.2, 0) is 11.3 Å². The third-order valence-corrected chi connectivity index (χ3v) is 6.66. The van der Waals surface area contributed by atoms with Crippen LogP contribution in [0.1, 0.15) is 24.1 Å². The maximum atomic E-state index is 12.3. The van der Waals surface area contributed by atoms with Crippen molar-refractivity contribution in [2.24, 2.45) is 10.9 Å². The maximum Gasteiger partial charge on any atom is 0.225 e. The summed E-state index contributed by atoms with van der Waals surface area (Å²) < 4.78 is 0.816. The van der Waals surface area contributed by atoms with E-state index in [9.17, 15) is 4.79 Å². The number of amides is 1. The summed E-state index contributed by atoms with van der Waals surface area (Å²) in [6.07, 6.45) is 3.40. The second-order valence-electron chi connectivity index (χ2n) is 7.33. The lowest BCUT2D eigenvalue weighted by molar-refractivity contribution is -0.139. The van der Waals surface area contributed by atoms with Crippen molar-refractivity contribution in [3.8, 4) is 0 Å². The van der Waals surface area contributed by atoms with E-state index in [1.165, 1.54) is 11.3 Å². The van der Waals surface area contributed by atoms with Gasteiger partial charge < -0.3 is 15.1 Å². The summed E-state index contributed by atoms with van der Waals surface area (Å²) in [6, 6.07) is 3.99. The van der Waals surface area contributed by atoms with E-state index < -0.39 is 0 Å². The molecule has 1 saturated carbocycles. The van der Waals surface area contributed by atoms with E-state index in [2.05, 4.69) is 31.1 Å². The topological polar surface area (TPSA) is 51.2 Å². The van der Waals surface area contributed by atoms with Gasteiger partial charge in [0.15, 0.2) is 5.96 Å². The average Bonchev–Trinajstić information content (AvgIpc) is 3.02. The van der Waals surface area contributed by atoms with Crippen molar-refractivity contribution in [3.63, 3.8) is 0 Å². The number of rotatable bonds is 6. The van der Waals surface area contributed by atoms with Crippen LogP contribution in [0.5, 0.6) is 0 Å². The van der Waals surface area contributed by atoms with Gasteiger partial charge in [-0.05, 0) is 25.0 Å².